The van der Waals surface area contributed by atoms with Crippen molar-refractivity contribution in [3.63, 3.8) is 0 Å². The van der Waals surface area contributed by atoms with Crippen LogP contribution >= 0.6 is 0 Å². The van der Waals surface area contributed by atoms with E-state index < -0.39 is 5.60 Å². The lowest BCUT2D eigenvalue weighted by Gasteiger charge is -2.22. The van der Waals surface area contributed by atoms with Gasteiger partial charge >= 0.3 is 0 Å². The van der Waals surface area contributed by atoms with E-state index in [0.717, 1.165) is 11.1 Å². The van der Waals surface area contributed by atoms with Gasteiger partial charge in [-0.1, -0.05) is 17.7 Å². The number of hydrogen-bond donors (Lipinski definition) is 2. The Hall–Kier alpha value is -1.35. The number of rotatable bonds is 2. The molecule has 0 heterocycles. The van der Waals surface area contributed by atoms with E-state index in [-0.39, 0.29) is 5.91 Å². The topological polar surface area (TPSA) is 49.3 Å². The Morgan fingerprint density at radius 3 is 2.47 bits per heavy atom. The van der Waals surface area contributed by atoms with Gasteiger partial charge in [-0.25, -0.2) is 0 Å². The van der Waals surface area contributed by atoms with E-state index in [1.54, 1.807) is 13.8 Å². The van der Waals surface area contributed by atoms with E-state index in [1.807, 2.05) is 25.1 Å². The molecule has 0 atom stereocenters. The molecule has 0 aliphatic rings. The fourth-order valence-electron chi connectivity index (χ4n) is 1.46. The number of amides is 1. The van der Waals surface area contributed by atoms with Crippen molar-refractivity contribution in [1.29, 1.82) is 0 Å². The molecule has 0 saturated heterocycles. The Labute approximate surface area is 90.1 Å². The van der Waals surface area contributed by atoms with Crippen LogP contribution in [-0.4, -0.2) is 11.0 Å². The highest BCUT2D eigenvalue weighted by Gasteiger charge is 2.20. The lowest BCUT2D eigenvalue weighted by atomic mass is 9.94. The molecule has 0 spiro atoms. The number of benzene rings is 1. The zero-order chi connectivity index (χ0) is 11.6. The molecule has 1 amide bonds. The molecule has 1 aromatic carbocycles. The van der Waals surface area contributed by atoms with Gasteiger partial charge in [-0.3, -0.25) is 4.79 Å². The van der Waals surface area contributed by atoms with Crippen LogP contribution in [-0.2, 0) is 10.4 Å². The molecule has 0 bridgehead atoms. The van der Waals surface area contributed by atoms with E-state index in [0.29, 0.717) is 5.69 Å². The summed E-state index contributed by atoms with van der Waals surface area (Å²) in [6, 6.07) is 5.59. The average Bonchev–Trinajstić information content (AvgIpc) is 2.05. The first kappa shape index (κ1) is 11.7. The van der Waals surface area contributed by atoms with Crippen LogP contribution in [0.1, 0.15) is 31.9 Å². The van der Waals surface area contributed by atoms with Gasteiger partial charge in [0.25, 0.3) is 0 Å². The highest BCUT2D eigenvalue weighted by atomic mass is 16.3. The third-order valence-electron chi connectivity index (χ3n) is 2.14. The van der Waals surface area contributed by atoms with Crippen molar-refractivity contribution in [2.45, 2.75) is 33.3 Å². The molecule has 0 aliphatic heterocycles. The predicted molar refractivity (Wildman–Crippen MR) is 60.7 cm³/mol. The normalized spacial score (nSPS) is 11.3. The Morgan fingerprint density at radius 1 is 1.40 bits per heavy atom. The van der Waals surface area contributed by atoms with E-state index in [9.17, 15) is 9.90 Å². The molecule has 1 aromatic rings. The second-order valence-electron chi connectivity index (χ2n) is 4.29. The zero-order valence-electron chi connectivity index (χ0n) is 9.59. The Bertz CT molecular complexity index is 378. The first-order valence-electron chi connectivity index (χ1n) is 4.92. The van der Waals surface area contributed by atoms with E-state index in [2.05, 4.69) is 5.32 Å². The zero-order valence-corrected chi connectivity index (χ0v) is 9.59. The van der Waals surface area contributed by atoms with Crippen LogP contribution in [0.5, 0.6) is 0 Å². The largest absolute Gasteiger partial charge is 0.386 e. The molecule has 3 nitrogen and oxygen atoms in total. The number of aliphatic hydroxyl groups is 1. The molecule has 0 fully saturated rings. The maximum absolute atomic E-state index is 11.0. The number of carbonyl (C=O) groups is 1. The first-order chi connectivity index (χ1) is 6.80. The number of anilines is 1. The SMILES string of the molecule is CC(=O)Nc1ccc(C)cc1C(C)(C)O. The van der Waals surface area contributed by atoms with Crippen LogP contribution in [0.2, 0.25) is 0 Å². The number of aryl methyl sites for hydroxylation is 1. The maximum Gasteiger partial charge on any atom is 0.221 e. The summed E-state index contributed by atoms with van der Waals surface area (Å²) in [6.07, 6.45) is 0. The van der Waals surface area contributed by atoms with Crippen LogP contribution < -0.4 is 5.32 Å². The summed E-state index contributed by atoms with van der Waals surface area (Å²) in [4.78, 5) is 11.0. The standard InChI is InChI=1S/C12H17NO2/c1-8-5-6-11(13-9(2)14)10(7-8)12(3,4)15/h5-7,15H,1-4H3,(H,13,14). The summed E-state index contributed by atoms with van der Waals surface area (Å²) in [5, 5.41) is 12.7. The number of hydrogen-bond acceptors (Lipinski definition) is 2. The van der Waals surface area contributed by atoms with Gasteiger partial charge in [-0.05, 0) is 26.8 Å². The molecule has 0 radical (unpaired) electrons. The van der Waals surface area contributed by atoms with Gasteiger partial charge in [0.05, 0.1) is 5.60 Å². The lowest BCUT2D eigenvalue weighted by molar-refractivity contribution is -0.114. The molecular weight excluding hydrogens is 190 g/mol. The summed E-state index contributed by atoms with van der Waals surface area (Å²) in [5.74, 6) is -0.135. The summed E-state index contributed by atoms with van der Waals surface area (Å²) >= 11 is 0. The second kappa shape index (κ2) is 4.03. The molecule has 0 unspecified atom stereocenters. The van der Waals surface area contributed by atoms with Gasteiger partial charge in [0.15, 0.2) is 0 Å². The van der Waals surface area contributed by atoms with Gasteiger partial charge < -0.3 is 10.4 Å². The van der Waals surface area contributed by atoms with Gasteiger partial charge in [0.2, 0.25) is 5.91 Å². The summed E-state index contributed by atoms with van der Waals surface area (Å²) < 4.78 is 0. The van der Waals surface area contributed by atoms with Crippen molar-refractivity contribution < 1.29 is 9.90 Å². The van der Waals surface area contributed by atoms with Crippen LogP contribution in [0.15, 0.2) is 18.2 Å². The van der Waals surface area contributed by atoms with Crippen molar-refractivity contribution in [1.82, 2.24) is 0 Å². The molecule has 1 rings (SSSR count). The minimum Gasteiger partial charge on any atom is -0.386 e. The third kappa shape index (κ3) is 3.06. The second-order valence-corrected chi connectivity index (χ2v) is 4.29. The van der Waals surface area contributed by atoms with Crippen LogP contribution in [0.3, 0.4) is 0 Å². The molecule has 2 N–H and O–H groups in total. The van der Waals surface area contributed by atoms with Crippen molar-refractivity contribution in [3.05, 3.63) is 29.3 Å². The van der Waals surface area contributed by atoms with Crippen LogP contribution in [0, 0.1) is 6.92 Å². The van der Waals surface area contributed by atoms with E-state index >= 15 is 0 Å². The Morgan fingerprint density at radius 2 is 2.00 bits per heavy atom. The van der Waals surface area contributed by atoms with Gasteiger partial charge in [-0.2, -0.15) is 0 Å². The minimum absolute atomic E-state index is 0.135. The molecule has 0 aromatic heterocycles. The van der Waals surface area contributed by atoms with Crippen LogP contribution in [0.25, 0.3) is 0 Å². The fraction of sp³-hybridized carbons (Fsp3) is 0.417. The smallest absolute Gasteiger partial charge is 0.221 e. The predicted octanol–water partition coefficient (Wildman–Crippen LogP) is 2.18. The summed E-state index contributed by atoms with van der Waals surface area (Å²) in [5.41, 5.74) is 1.50. The average molecular weight is 207 g/mol. The molecule has 0 aliphatic carbocycles. The number of nitrogens with one attached hydrogen (secondary N) is 1. The molecule has 82 valence electrons. The lowest BCUT2D eigenvalue weighted by Crippen LogP contribution is -2.19. The minimum atomic E-state index is -0.955. The Kier molecular flexibility index (Phi) is 3.15. The van der Waals surface area contributed by atoms with Gasteiger partial charge in [-0.15, -0.1) is 0 Å². The Balaban J connectivity index is 3.20. The highest BCUT2D eigenvalue weighted by molar-refractivity contribution is 5.89. The van der Waals surface area contributed by atoms with Crippen molar-refractivity contribution in [3.8, 4) is 0 Å². The summed E-state index contributed by atoms with van der Waals surface area (Å²) in [7, 11) is 0. The monoisotopic (exact) mass is 207 g/mol. The van der Waals surface area contributed by atoms with E-state index in [4.69, 9.17) is 0 Å². The fourth-order valence-corrected chi connectivity index (χ4v) is 1.46. The van der Waals surface area contributed by atoms with Crippen LogP contribution in [0.4, 0.5) is 5.69 Å². The highest BCUT2D eigenvalue weighted by Crippen LogP contribution is 2.28. The third-order valence-corrected chi connectivity index (χ3v) is 2.14. The molecule has 3 heteroatoms. The molecular formula is C12H17NO2. The van der Waals surface area contributed by atoms with Crippen molar-refractivity contribution >= 4 is 11.6 Å². The first-order valence-corrected chi connectivity index (χ1v) is 4.92. The van der Waals surface area contributed by atoms with Gasteiger partial charge in [0, 0.05) is 18.2 Å². The van der Waals surface area contributed by atoms with Crippen molar-refractivity contribution in [2.75, 3.05) is 5.32 Å². The quantitative estimate of drug-likeness (QED) is 0.781. The summed E-state index contributed by atoms with van der Waals surface area (Å²) in [6.45, 7) is 6.81. The van der Waals surface area contributed by atoms with Crippen molar-refractivity contribution in [2.24, 2.45) is 0 Å². The number of carbonyl (C=O) groups excluding carboxylic acids is 1. The maximum atomic E-state index is 11.0. The molecule has 15 heavy (non-hydrogen) atoms. The van der Waals surface area contributed by atoms with E-state index in [1.165, 1.54) is 6.92 Å². The molecule has 0 saturated carbocycles. The van der Waals surface area contributed by atoms with Gasteiger partial charge in [0.1, 0.15) is 0 Å².